The first-order chi connectivity index (χ1) is 21.9. The number of nitrogens with two attached hydrogens (primary N) is 1. The Kier molecular flexibility index (Phi) is 11.2. The molecule has 2 aromatic heterocycles. The maximum absolute atomic E-state index is 13.9. The van der Waals surface area contributed by atoms with Crippen molar-refractivity contribution in [2.45, 2.75) is 31.1 Å². The lowest BCUT2D eigenvalue weighted by atomic mass is 10.0. The Hall–Kier alpha value is -4.21. The molecule has 1 amide bonds. The number of carbonyl (C=O) groups is 2. The minimum absolute atomic E-state index is 0.0312. The van der Waals surface area contributed by atoms with E-state index in [4.69, 9.17) is 41.7 Å². The third-order valence-corrected chi connectivity index (χ3v) is 8.35. The molecule has 16 heteroatoms. The van der Waals surface area contributed by atoms with Gasteiger partial charge in [-0.1, -0.05) is 18.2 Å². The van der Waals surface area contributed by atoms with E-state index in [1.165, 1.54) is 18.2 Å². The van der Waals surface area contributed by atoms with E-state index < -0.39 is 17.4 Å². The standard InChI is InChI=1S/C29H33ClF3N7O3.CH2O2/c1-4-25(41)39-9-11-40(12-10-39)27-20-13-22(30)19(26-21(29(31,32)33)7-8-24(34)36-26)14-23(20)35-28(37-27)43-16-18-6-5-17(15-42-3)38(18)2;2-1-3/h4,7-8,13-14,17-18H,1,5-6,9-12,15-16H2,2-3H3,(H2,34,36);1H,(H,2,3). The summed E-state index contributed by atoms with van der Waals surface area (Å²) in [6.45, 7) is 6.04. The van der Waals surface area contributed by atoms with Crippen LogP contribution >= 0.6 is 11.6 Å². The van der Waals surface area contributed by atoms with E-state index in [0.29, 0.717) is 56.1 Å². The number of nitrogens with zero attached hydrogens (tertiary/aromatic N) is 6. The number of benzene rings is 1. The fraction of sp³-hybridized carbons (Fsp3) is 0.433. The molecule has 4 heterocycles. The quantitative estimate of drug-likeness (QED) is 0.266. The number of likely N-dealkylation sites (N-methyl/N-ethyl adjacent to an activating group) is 1. The molecule has 2 aliphatic rings. The number of nitrogen functional groups attached to an aromatic ring is 1. The SMILES string of the molecule is C=CC(=O)N1CCN(c2nc(OCC3CCC(COC)N3C)nc3cc(-c4nc(N)ccc4C(F)(F)F)c(Cl)cc23)CC1.O=CO. The Bertz CT molecular complexity index is 1570. The van der Waals surface area contributed by atoms with Crippen LogP contribution in [0.15, 0.2) is 36.9 Å². The molecule has 0 spiro atoms. The molecule has 3 N–H and O–H groups in total. The fourth-order valence-electron chi connectivity index (χ4n) is 5.63. The monoisotopic (exact) mass is 665 g/mol. The molecule has 2 aliphatic heterocycles. The van der Waals surface area contributed by atoms with Crippen LogP contribution in [0.5, 0.6) is 6.01 Å². The predicted octanol–water partition coefficient (Wildman–Crippen LogP) is 3.97. The number of pyridine rings is 1. The Morgan fingerprint density at radius 3 is 2.39 bits per heavy atom. The molecule has 3 aromatic rings. The lowest BCUT2D eigenvalue weighted by molar-refractivity contribution is -0.137. The molecule has 248 valence electrons. The summed E-state index contributed by atoms with van der Waals surface area (Å²) in [6, 6.07) is 5.46. The lowest BCUT2D eigenvalue weighted by Gasteiger charge is -2.35. The minimum atomic E-state index is -4.68. The van der Waals surface area contributed by atoms with Crippen LogP contribution < -0.4 is 15.4 Å². The number of fused-ring (bicyclic) bond motifs is 1. The van der Waals surface area contributed by atoms with Gasteiger partial charge < -0.3 is 30.1 Å². The maximum Gasteiger partial charge on any atom is 0.418 e. The van der Waals surface area contributed by atoms with Gasteiger partial charge in [0.05, 0.1) is 28.4 Å². The Morgan fingerprint density at radius 2 is 1.78 bits per heavy atom. The number of hydrogen-bond acceptors (Lipinski definition) is 10. The van der Waals surface area contributed by atoms with Crippen molar-refractivity contribution in [3.05, 3.63) is 47.5 Å². The van der Waals surface area contributed by atoms with E-state index >= 15 is 0 Å². The zero-order chi connectivity index (χ0) is 33.6. The van der Waals surface area contributed by atoms with Crippen LogP contribution in [0.25, 0.3) is 22.2 Å². The van der Waals surface area contributed by atoms with E-state index in [-0.39, 0.29) is 46.9 Å². The van der Waals surface area contributed by atoms with E-state index in [9.17, 15) is 18.0 Å². The smallest absolute Gasteiger partial charge is 0.418 e. The number of methoxy groups -OCH3 is 1. The van der Waals surface area contributed by atoms with Gasteiger partial charge in [-0.05, 0) is 50.2 Å². The van der Waals surface area contributed by atoms with Crippen molar-refractivity contribution in [2.75, 3.05) is 64.2 Å². The second-order valence-electron chi connectivity index (χ2n) is 10.7. The number of rotatable bonds is 8. The molecule has 0 saturated carbocycles. The largest absolute Gasteiger partial charge is 0.483 e. The van der Waals surface area contributed by atoms with Gasteiger partial charge in [0.15, 0.2) is 0 Å². The number of halogens is 4. The van der Waals surface area contributed by atoms with Gasteiger partial charge in [-0.15, -0.1) is 0 Å². The molecule has 2 unspecified atom stereocenters. The number of aromatic nitrogens is 3. The van der Waals surface area contributed by atoms with Gasteiger partial charge in [0.2, 0.25) is 5.91 Å². The number of ether oxygens (including phenoxy) is 2. The molecule has 2 saturated heterocycles. The van der Waals surface area contributed by atoms with E-state index in [1.807, 2.05) is 11.9 Å². The highest BCUT2D eigenvalue weighted by atomic mass is 35.5. The summed E-state index contributed by atoms with van der Waals surface area (Å²) in [5.41, 5.74) is 4.78. The first kappa shape index (κ1) is 34.7. The maximum atomic E-state index is 13.9. The predicted molar refractivity (Wildman–Crippen MR) is 167 cm³/mol. The number of alkyl halides is 3. The van der Waals surface area contributed by atoms with Gasteiger partial charge in [0, 0.05) is 56.3 Å². The van der Waals surface area contributed by atoms with E-state index in [2.05, 4.69) is 21.4 Å². The first-order valence-corrected chi connectivity index (χ1v) is 14.7. The van der Waals surface area contributed by atoms with Crippen molar-refractivity contribution in [3.8, 4) is 17.3 Å². The van der Waals surface area contributed by atoms with Crippen molar-refractivity contribution in [1.82, 2.24) is 24.8 Å². The molecule has 2 atom stereocenters. The first-order valence-electron chi connectivity index (χ1n) is 14.3. The van der Waals surface area contributed by atoms with Gasteiger partial charge >= 0.3 is 12.2 Å². The Morgan fingerprint density at radius 1 is 1.13 bits per heavy atom. The van der Waals surface area contributed by atoms with Crippen LogP contribution in [0, 0.1) is 0 Å². The van der Waals surface area contributed by atoms with Crippen LogP contribution in [-0.4, -0.2) is 108 Å². The molecule has 1 aromatic carbocycles. The Balaban J connectivity index is 0.00000154. The van der Waals surface area contributed by atoms with Crippen molar-refractivity contribution in [3.63, 3.8) is 0 Å². The third kappa shape index (κ3) is 7.77. The average molecular weight is 666 g/mol. The van der Waals surface area contributed by atoms with Crippen LogP contribution in [0.4, 0.5) is 24.8 Å². The second-order valence-corrected chi connectivity index (χ2v) is 11.2. The van der Waals surface area contributed by atoms with Gasteiger partial charge in [0.25, 0.3) is 6.47 Å². The van der Waals surface area contributed by atoms with Crippen LogP contribution in [0.2, 0.25) is 5.02 Å². The average Bonchev–Trinajstić information content (AvgIpc) is 3.37. The van der Waals surface area contributed by atoms with Gasteiger partial charge in [-0.2, -0.15) is 23.1 Å². The van der Waals surface area contributed by atoms with E-state index in [0.717, 1.165) is 25.0 Å². The molecule has 0 radical (unpaired) electrons. The van der Waals surface area contributed by atoms with Crippen LogP contribution in [0.1, 0.15) is 18.4 Å². The summed E-state index contributed by atoms with van der Waals surface area (Å²) in [6.07, 6.45) is -1.53. The molecule has 0 bridgehead atoms. The number of hydrogen-bond donors (Lipinski definition) is 2. The zero-order valence-corrected chi connectivity index (χ0v) is 26.1. The van der Waals surface area contributed by atoms with Crippen molar-refractivity contribution >= 4 is 46.5 Å². The number of amides is 1. The summed E-state index contributed by atoms with van der Waals surface area (Å²) in [5, 5.41) is 7.45. The van der Waals surface area contributed by atoms with E-state index in [1.54, 1.807) is 12.0 Å². The number of anilines is 2. The van der Waals surface area contributed by atoms with Gasteiger partial charge in [-0.3, -0.25) is 14.5 Å². The second kappa shape index (κ2) is 14.9. The lowest BCUT2D eigenvalue weighted by Crippen LogP contribution is -2.48. The molecule has 5 rings (SSSR count). The summed E-state index contributed by atoms with van der Waals surface area (Å²) >= 11 is 6.62. The van der Waals surface area contributed by atoms with Crippen LogP contribution in [-0.2, 0) is 20.5 Å². The summed E-state index contributed by atoms with van der Waals surface area (Å²) in [4.78, 5) is 39.7. The molecule has 46 heavy (non-hydrogen) atoms. The highest BCUT2D eigenvalue weighted by Crippen LogP contribution is 2.41. The highest BCUT2D eigenvalue weighted by molar-refractivity contribution is 6.34. The van der Waals surface area contributed by atoms with Gasteiger partial charge in [-0.25, -0.2) is 4.98 Å². The number of piperazine rings is 1. The van der Waals surface area contributed by atoms with Crippen molar-refractivity contribution in [1.29, 1.82) is 0 Å². The highest BCUT2D eigenvalue weighted by Gasteiger charge is 2.36. The third-order valence-electron chi connectivity index (χ3n) is 8.04. The van der Waals surface area contributed by atoms with Crippen molar-refractivity contribution in [2.24, 2.45) is 0 Å². The van der Waals surface area contributed by atoms with Crippen molar-refractivity contribution < 1.29 is 37.3 Å². The molecule has 0 aliphatic carbocycles. The molecular formula is C30H35ClF3N7O5. The zero-order valence-electron chi connectivity index (χ0n) is 25.3. The summed E-state index contributed by atoms with van der Waals surface area (Å²) < 4.78 is 53.2. The fourth-order valence-corrected chi connectivity index (χ4v) is 5.88. The molecular weight excluding hydrogens is 631 g/mol. The summed E-state index contributed by atoms with van der Waals surface area (Å²) in [5.74, 6) is 0.269. The number of likely N-dealkylation sites (tertiary alicyclic amines) is 1. The minimum Gasteiger partial charge on any atom is -0.483 e. The van der Waals surface area contributed by atoms with Crippen LogP contribution in [0.3, 0.4) is 0 Å². The van der Waals surface area contributed by atoms with Gasteiger partial charge in [0.1, 0.15) is 18.2 Å². The molecule has 12 nitrogen and oxygen atoms in total. The Labute approximate surface area is 268 Å². The normalized spacial score (nSPS) is 18.7. The topological polar surface area (TPSA) is 147 Å². The molecule has 2 fully saturated rings. The number of carbonyl (C=O) groups excluding carboxylic acids is 1. The summed E-state index contributed by atoms with van der Waals surface area (Å²) in [7, 11) is 3.69. The number of carboxylic acid groups (broad SMARTS) is 1.